The third-order valence-electron chi connectivity index (χ3n) is 2.20. The van der Waals surface area contributed by atoms with Gasteiger partial charge >= 0.3 is 6.03 Å². The Labute approximate surface area is 87.9 Å². The Kier molecular flexibility index (Phi) is 4.17. The third kappa shape index (κ3) is 3.28. The predicted molar refractivity (Wildman–Crippen MR) is 53.8 cm³/mol. The first-order valence-corrected chi connectivity index (χ1v) is 4.75. The highest BCUT2D eigenvalue weighted by molar-refractivity contribution is 5.89. The van der Waals surface area contributed by atoms with E-state index >= 15 is 0 Å². The Balaban J connectivity index is 2.40. The highest BCUT2D eigenvalue weighted by atomic mass is 16.5. The highest BCUT2D eigenvalue weighted by Gasteiger charge is 2.19. The van der Waals surface area contributed by atoms with Gasteiger partial charge in [0.25, 0.3) is 0 Å². The standard InChI is InChI=1S/C8H16N4O3/c1-6(7(9)11-14)10-8(13)12-2-4-15-5-3-12/h6,14H,2-5H2,1H3,(H2,9,11)(H,10,13). The number of morpholine rings is 1. The second-order valence-electron chi connectivity index (χ2n) is 3.30. The number of hydrogen-bond acceptors (Lipinski definition) is 4. The van der Waals surface area contributed by atoms with Crippen molar-refractivity contribution in [3.8, 4) is 0 Å². The van der Waals surface area contributed by atoms with Gasteiger partial charge in [-0.1, -0.05) is 5.16 Å². The van der Waals surface area contributed by atoms with Crippen molar-refractivity contribution in [2.45, 2.75) is 13.0 Å². The van der Waals surface area contributed by atoms with Crippen LogP contribution in [0.5, 0.6) is 0 Å². The SMILES string of the molecule is CC(NC(=O)N1CCOCC1)C(N)=NO. The van der Waals surface area contributed by atoms with E-state index in [0.717, 1.165) is 0 Å². The van der Waals surface area contributed by atoms with Gasteiger partial charge in [0.15, 0.2) is 5.84 Å². The van der Waals surface area contributed by atoms with Gasteiger partial charge in [0.05, 0.1) is 19.3 Å². The fourth-order valence-corrected chi connectivity index (χ4v) is 1.20. The van der Waals surface area contributed by atoms with Crippen molar-refractivity contribution in [3.05, 3.63) is 0 Å². The van der Waals surface area contributed by atoms with Crippen LogP contribution in [0.3, 0.4) is 0 Å². The number of nitrogens with one attached hydrogen (secondary N) is 1. The van der Waals surface area contributed by atoms with E-state index in [9.17, 15) is 4.79 Å². The van der Waals surface area contributed by atoms with Crippen molar-refractivity contribution < 1.29 is 14.7 Å². The second-order valence-corrected chi connectivity index (χ2v) is 3.30. The molecule has 0 aromatic heterocycles. The summed E-state index contributed by atoms with van der Waals surface area (Å²) < 4.78 is 5.11. The molecule has 1 saturated heterocycles. The normalized spacial score (nSPS) is 19.8. The molecule has 0 aliphatic carbocycles. The first kappa shape index (κ1) is 11.6. The van der Waals surface area contributed by atoms with Crippen LogP contribution in [0.4, 0.5) is 4.79 Å². The van der Waals surface area contributed by atoms with Gasteiger partial charge in [-0.05, 0) is 6.92 Å². The van der Waals surface area contributed by atoms with E-state index in [0.29, 0.717) is 26.3 Å². The Morgan fingerprint density at radius 1 is 1.60 bits per heavy atom. The smallest absolute Gasteiger partial charge is 0.318 e. The molecule has 0 bridgehead atoms. The van der Waals surface area contributed by atoms with Crippen LogP contribution >= 0.6 is 0 Å². The number of oxime groups is 1. The minimum absolute atomic E-state index is 0.0170. The first-order valence-electron chi connectivity index (χ1n) is 4.75. The van der Waals surface area contributed by atoms with Crippen LogP contribution in [0.1, 0.15) is 6.92 Å². The molecule has 15 heavy (non-hydrogen) atoms. The maximum absolute atomic E-state index is 11.6. The number of nitrogens with zero attached hydrogens (tertiary/aromatic N) is 2. The molecule has 0 radical (unpaired) electrons. The molecule has 0 aromatic carbocycles. The summed E-state index contributed by atoms with van der Waals surface area (Å²) in [6.45, 7) is 3.87. The van der Waals surface area contributed by atoms with Gasteiger partial charge in [-0.2, -0.15) is 0 Å². The lowest BCUT2D eigenvalue weighted by atomic mass is 10.3. The van der Waals surface area contributed by atoms with Crippen LogP contribution in [0.25, 0.3) is 0 Å². The second kappa shape index (κ2) is 5.40. The quantitative estimate of drug-likeness (QED) is 0.242. The van der Waals surface area contributed by atoms with E-state index in [1.54, 1.807) is 11.8 Å². The van der Waals surface area contributed by atoms with Gasteiger partial charge in [0.2, 0.25) is 0 Å². The molecule has 1 heterocycles. The number of amidine groups is 1. The van der Waals surface area contributed by atoms with Crippen molar-refractivity contribution in [3.63, 3.8) is 0 Å². The molecule has 0 aromatic rings. The van der Waals surface area contributed by atoms with Gasteiger partial charge in [0, 0.05) is 13.1 Å². The van der Waals surface area contributed by atoms with E-state index < -0.39 is 6.04 Å². The highest BCUT2D eigenvalue weighted by Crippen LogP contribution is 1.97. The molecule has 1 unspecified atom stereocenters. The zero-order chi connectivity index (χ0) is 11.3. The van der Waals surface area contributed by atoms with E-state index in [2.05, 4.69) is 10.5 Å². The number of hydrogen-bond donors (Lipinski definition) is 3. The van der Waals surface area contributed by atoms with Crippen molar-refractivity contribution in [2.75, 3.05) is 26.3 Å². The average Bonchev–Trinajstić information content (AvgIpc) is 2.29. The minimum atomic E-state index is -0.481. The predicted octanol–water partition coefficient (Wildman–Crippen LogP) is -0.837. The Hall–Kier alpha value is -1.50. The molecule has 1 aliphatic rings. The number of rotatable bonds is 2. The topological polar surface area (TPSA) is 100 Å². The van der Waals surface area contributed by atoms with Crippen LogP contribution in [0.2, 0.25) is 0 Å². The average molecular weight is 216 g/mol. The lowest BCUT2D eigenvalue weighted by molar-refractivity contribution is 0.0530. The molecular formula is C8H16N4O3. The summed E-state index contributed by atoms with van der Waals surface area (Å²) in [7, 11) is 0. The molecule has 0 saturated carbocycles. The number of urea groups is 1. The van der Waals surface area contributed by atoms with Crippen molar-refractivity contribution in [1.82, 2.24) is 10.2 Å². The summed E-state index contributed by atoms with van der Waals surface area (Å²) >= 11 is 0. The first-order chi connectivity index (χ1) is 7.15. The molecule has 1 aliphatic heterocycles. The Morgan fingerprint density at radius 2 is 2.20 bits per heavy atom. The molecule has 86 valence electrons. The number of amides is 2. The largest absolute Gasteiger partial charge is 0.409 e. The van der Waals surface area contributed by atoms with Crippen molar-refractivity contribution in [2.24, 2.45) is 10.9 Å². The molecule has 1 rings (SSSR count). The van der Waals surface area contributed by atoms with Gasteiger partial charge in [-0.15, -0.1) is 0 Å². The number of ether oxygens (including phenoxy) is 1. The molecule has 7 heteroatoms. The number of carbonyl (C=O) groups excluding carboxylic acids is 1. The van der Waals surface area contributed by atoms with E-state index in [1.807, 2.05) is 0 Å². The maximum Gasteiger partial charge on any atom is 0.318 e. The maximum atomic E-state index is 11.6. The lowest BCUT2D eigenvalue weighted by Gasteiger charge is -2.28. The third-order valence-corrected chi connectivity index (χ3v) is 2.20. The van der Waals surface area contributed by atoms with E-state index in [4.69, 9.17) is 15.7 Å². The summed E-state index contributed by atoms with van der Waals surface area (Å²) in [5.74, 6) is -0.0170. The van der Waals surface area contributed by atoms with Gasteiger partial charge < -0.3 is 25.9 Å². The van der Waals surface area contributed by atoms with Crippen LogP contribution in [-0.2, 0) is 4.74 Å². The number of nitrogens with two attached hydrogens (primary N) is 1. The molecule has 1 atom stereocenters. The van der Waals surface area contributed by atoms with Crippen molar-refractivity contribution in [1.29, 1.82) is 0 Å². The zero-order valence-electron chi connectivity index (χ0n) is 8.64. The van der Waals surface area contributed by atoms with Crippen LogP contribution in [0, 0.1) is 0 Å². The summed E-state index contributed by atoms with van der Waals surface area (Å²) in [6.07, 6.45) is 0. The Morgan fingerprint density at radius 3 is 2.73 bits per heavy atom. The Bertz CT molecular complexity index is 250. The molecule has 4 N–H and O–H groups in total. The zero-order valence-corrected chi connectivity index (χ0v) is 8.64. The lowest BCUT2D eigenvalue weighted by Crippen LogP contribution is -2.51. The fourth-order valence-electron chi connectivity index (χ4n) is 1.20. The minimum Gasteiger partial charge on any atom is -0.409 e. The summed E-state index contributed by atoms with van der Waals surface area (Å²) in [5.41, 5.74) is 5.34. The molecule has 2 amide bonds. The van der Waals surface area contributed by atoms with E-state index in [1.165, 1.54) is 0 Å². The molecule has 0 spiro atoms. The summed E-state index contributed by atoms with van der Waals surface area (Å²) in [4.78, 5) is 13.2. The fraction of sp³-hybridized carbons (Fsp3) is 0.750. The van der Waals surface area contributed by atoms with Crippen LogP contribution < -0.4 is 11.1 Å². The van der Waals surface area contributed by atoms with E-state index in [-0.39, 0.29) is 11.9 Å². The monoisotopic (exact) mass is 216 g/mol. The van der Waals surface area contributed by atoms with Gasteiger partial charge in [-0.3, -0.25) is 0 Å². The molecule has 7 nitrogen and oxygen atoms in total. The summed E-state index contributed by atoms with van der Waals surface area (Å²) in [5, 5.41) is 13.8. The molecule has 1 fully saturated rings. The van der Waals surface area contributed by atoms with Gasteiger partial charge in [-0.25, -0.2) is 4.79 Å². The van der Waals surface area contributed by atoms with Crippen LogP contribution in [-0.4, -0.2) is 54.3 Å². The number of carbonyl (C=O) groups is 1. The summed E-state index contributed by atoms with van der Waals surface area (Å²) in [6, 6.07) is -0.706. The van der Waals surface area contributed by atoms with Crippen molar-refractivity contribution >= 4 is 11.9 Å². The van der Waals surface area contributed by atoms with Gasteiger partial charge in [0.1, 0.15) is 0 Å². The van der Waals surface area contributed by atoms with Crippen LogP contribution in [0.15, 0.2) is 5.16 Å². The molecular weight excluding hydrogens is 200 g/mol.